The van der Waals surface area contributed by atoms with E-state index in [2.05, 4.69) is 42.3 Å². The molecule has 1 aromatic heterocycles. The minimum Gasteiger partial charge on any atom is -0.497 e. The quantitative estimate of drug-likeness (QED) is 0.367. The minimum absolute atomic E-state index is 0.0110. The maximum atomic E-state index is 12.2. The van der Waals surface area contributed by atoms with Gasteiger partial charge in [-0.05, 0) is 55.9 Å². The van der Waals surface area contributed by atoms with Crippen molar-refractivity contribution in [2.45, 2.75) is 31.6 Å². The van der Waals surface area contributed by atoms with Crippen LogP contribution in [0.25, 0.3) is 11.3 Å². The van der Waals surface area contributed by atoms with Gasteiger partial charge < -0.3 is 10.1 Å². The first-order valence-electron chi connectivity index (χ1n) is 9.15. The third-order valence-electron chi connectivity index (χ3n) is 4.28. The fraction of sp³-hybridized carbons (Fsp3) is 0.273. The number of nitrogens with zero attached hydrogens (tertiary/aromatic N) is 1. The van der Waals surface area contributed by atoms with Crippen molar-refractivity contribution in [3.63, 3.8) is 0 Å². The summed E-state index contributed by atoms with van der Waals surface area (Å²) in [5, 5.41) is 5.57. The van der Waals surface area contributed by atoms with E-state index < -0.39 is 0 Å². The van der Waals surface area contributed by atoms with Gasteiger partial charge in [-0.3, -0.25) is 4.79 Å². The minimum atomic E-state index is 0.0110. The molecule has 0 fully saturated rings. The first kappa shape index (κ1) is 20.4. The Labute approximate surface area is 174 Å². The molecule has 1 amide bonds. The van der Waals surface area contributed by atoms with Crippen LogP contribution >= 0.6 is 23.1 Å². The van der Waals surface area contributed by atoms with Crippen LogP contribution in [0.4, 0.5) is 5.13 Å². The van der Waals surface area contributed by atoms with Gasteiger partial charge in [-0.2, -0.15) is 0 Å². The molecule has 0 aliphatic carbocycles. The van der Waals surface area contributed by atoms with E-state index in [1.54, 1.807) is 18.9 Å². The largest absolute Gasteiger partial charge is 0.497 e. The predicted molar refractivity (Wildman–Crippen MR) is 119 cm³/mol. The van der Waals surface area contributed by atoms with E-state index in [-0.39, 0.29) is 5.91 Å². The lowest BCUT2D eigenvalue weighted by Gasteiger charge is -2.05. The Morgan fingerprint density at radius 3 is 2.68 bits per heavy atom. The van der Waals surface area contributed by atoms with Crippen molar-refractivity contribution >= 4 is 34.1 Å². The molecule has 146 valence electrons. The molecule has 6 heteroatoms. The van der Waals surface area contributed by atoms with Crippen molar-refractivity contribution < 1.29 is 9.53 Å². The lowest BCUT2D eigenvalue weighted by molar-refractivity contribution is -0.116. The average Bonchev–Trinajstić information content (AvgIpc) is 3.13. The molecule has 0 aliphatic heterocycles. The van der Waals surface area contributed by atoms with E-state index in [4.69, 9.17) is 4.74 Å². The van der Waals surface area contributed by atoms with Crippen LogP contribution in [0.15, 0.2) is 52.7 Å². The zero-order valence-electron chi connectivity index (χ0n) is 16.3. The van der Waals surface area contributed by atoms with Crippen LogP contribution in [0.5, 0.6) is 5.75 Å². The van der Waals surface area contributed by atoms with Crippen LogP contribution in [-0.2, 0) is 4.79 Å². The van der Waals surface area contributed by atoms with E-state index in [0.29, 0.717) is 11.6 Å². The fourth-order valence-corrected chi connectivity index (χ4v) is 4.41. The molecule has 0 radical (unpaired) electrons. The maximum Gasteiger partial charge on any atom is 0.226 e. The molecule has 0 spiro atoms. The van der Waals surface area contributed by atoms with Gasteiger partial charge in [0.2, 0.25) is 5.91 Å². The second-order valence-electron chi connectivity index (χ2n) is 6.53. The molecule has 0 aliphatic rings. The summed E-state index contributed by atoms with van der Waals surface area (Å²) >= 11 is 3.21. The van der Waals surface area contributed by atoms with E-state index >= 15 is 0 Å². The summed E-state index contributed by atoms with van der Waals surface area (Å²) in [6.07, 6.45) is 1.31. The molecule has 0 unspecified atom stereocenters. The summed E-state index contributed by atoms with van der Waals surface area (Å²) in [5.41, 5.74) is 4.45. The summed E-state index contributed by atoms with van der Waals surface area (Å²) < 4.78 is 5.16. The molecule has 28 heavy (non-hydrogen) atoms. The number of aryl methyl sites for hydroxylation is 2. The molecule has 1 N–H and O–H groups in total. The van der Waals surface area contributed by atoms with Crippen molar-refractivity contribution in [1.29, 1.82) is 0 Å². The van der Waals surface area contributed by atoms with Gasteiger partial charge >= 0.3 is 0 Å². The molecular weight excluding hydrogens is 388 g/mol. The SMILES string of the molecule is COc1ccc(SCCCC(=O)Nc2nc(-c3ccc(C)cc3C)cs2)cc1. The van der Waals surface area contributed by atoms with Gasteiger partial charge in [-0.25, -0.2) is 4.98 Å². The Morgan fingerprint density at radius 1 is 1.18 bits per heavy atom. The number of carbonyl (C=O) groups is 1. The topological polar surface area (TPSA) is 51.2 Å². The number of carbonyl (C=O) groups excluding carboxylic acids is 1. The Bertz CT molecular complexity index is 936. The highest BCUT2D eigenvalue weighted by Gasteiger charge is 2.10. The summed E-state index contributed by atoms with van der Waals surface area (Å²) in [6, 6.07) is 14.3. The van der Waals surface area contributed by atoms with Gasteiger partial charge in [-0.1, -0.05) is 23.8 Å². The van der Waals surface area contributed by atoms with Crippen molar-refractivity contribution in [3.05, 3.63) is 59.0 Å². The second kappa shape index (κ2) is 9.75. The third kappa shape index (κ3) is 5.59. The number of aromatic nitrogens is 1. The Hall–Kier alpha value is -2.31. The third-order valence-corrected chi connectivity index (χ3v) is 6.14. The summed E-state index contributed by atoms with van der Waals surface area (Å²) in [5.74, 6) is 1.76. The molecule has 3 rings (SSSR count). The predicted octanol–water partition coefficient (Wildman–Crippen LogP) is 5.95. The van der Waals surface area contributed by atoms with Crippen LogP contribution in [-0.4, -0.2) is 23.8 Å². The lowest BCUT2D eigenvalue weighted by Crippen LogP contribution is -2.11. The average molecular weight is 413 g/mol. The van der Waals surface area contributed by atoms with E-state index in [0.717, 1.165) is 29.2 Å². The highest BCUT2D eigenvalue weighted by Crippen LogP contribution is 2.28. The molecule has 1 heterocycles. The van der Waals surface area contributed by atoms with Gasteiger partial charge in [-0.15, -0.1) is 23.1 Å². The molecule has 0 bridgehead atoms. The zero-order chi connectivity index (χ0) is 19.9. The van der Waals surface area contributed by atoms with E-state index in [9.17, 15) is 4.79 Å². The number of rotatable bonds is 8. The Kier molecular flexibility index (Phi) is 7.12. The summed E-state index contributed by atoms with van der Waals surface area (Å²) in [4.78, 5) is 17.9. The fourth-order valence-electron chi connectivity index (χ4n) is 2.83. The zero-order valence-corrected chi connectivity index (χ0v) is 18.0. The summed E-state index contributed by atoms with van der Waals surface area (Å²) in [7, 11) is 1.66. The Morgan fingerprint density at radius 2 is 1.96 bits per heavy atom. The standard InChI is InChI=1S/C22H24N2O2S2/c1-15-6-11-19(16(2)13-15)20-14-28-22(23-20)24-21(25)5-4-12-27-18-9-7-17(26-3)8-10-18/h6-11,13-14H,4-5,12H2,1-3H3,(H,23,24,25). The van der Waals surface area contributed by atoms with Crippen molar-refractivity contribution in [1.82, 2.24) is 4.98 Å². The number of hydrogen-bond donors (Lipinski definition) is 1. The first-order chi connectivity index (χ1) is 13.5. The monoisotopic (exact) mass is 412 g/mol. The van der Waals surface area contributed by atoms with Gasteiger partial charge in [0, 0.05) is 22.3 Å². The molecule has 3 aromatic rings. The highest BCUT2D eigenvalue weighted by atomic mass is 32.2. The number of methoxy groups -OCH3 is 1. The normalized spacial score (nSPS) is 10.7. The highest BCUT2D eigenvalue weighted by molar-refractivity contribution is 7.99. The molecule has 0 saturated heterocycles. The smallest absolute Gasteiger partial charge is 0.226 e. The molecule has 2 aromatic carbocycles. The Balaban J connectivity index is 1.45. The molecule has 4 nitrogen and oxygen atoms in total. The number of thioether (sulfide) groups is 1. The van der Waals surface area contributed by atoms with Crippen molar-refractivity contribution in [2.24, 2.45) is 0 Å². The number of benzene rings is 2. The number of anilines is 1. The van der Waals surface area contributed by atoms with Crippen LogP contribution < -0.4 is 10.1 Å². The number of amides is 1. The van der Waals surface area contributed by atoms with Gasteiger partial charge in [0.1, 0.15) is 5.75 Å². The van der Waals surface area contributed by atoms with Crippen LogP contribution in [0.1, 0.15) is 24.0 Å². The van der Waals surface area contributed by atoms with E-state index in [1.807, 2.05) is 29.6 Å². The van der Waals surface area contributed by atoms with Crippen LogP contribution in [0, 0.1) is 13.8 Å². The van der Waals surface area contributed by atoms with Gasteiger partial charge in [0.05, 0.1) is 12.8 Å². The van der Waals surface area contributed by atoms with Crippen LogP contribution in [0.3, 0.4) is 0 Å². The second-order valence-corrected chi connectivity index (χ2v) is 8.56. The molecule has 0 saturated carbocycles. The summed E-state index contributed by atoms with van der Waals surface area (Å²) in [6.45, 7) is 4.16. The maximum absolute atomic E-state index is 12.2. The van der Waals surface area contributed by atoms with Crippen molar-refractivity contribution in [2.75, 3.05) is 18.2 Å². The number of hydrogen-bond acceptors (Lipinski definition) is 5. The number of thiazole rings is 1. The first-order valence-corrected chi connectivity index (χ1v) is 11.0. The van der Waals surface area contributed by atoms with Crippen molar-refractivity contribution in [3.8, 4) is 17.0 Å². The van der Waals surface area contributed by atoms with Gasteiger partial charge in [0.15, 0.2) is 5.13 Å². The van der Waals surface area contributed by atoms with Gasteiger partial charge in [0.25, 0.3) is 0 Å². The molecular formula is C22H24N2O2S2. The van der Waals surface area contributed by atoms with E-state index in [1.165, 1.54) is 27.4 Å². The number of nitrogens with one attached hydrogen (secondary N) is 1. The van der Waals surface area contributed by atoms with Crippen LogP contribution in [0.2, 0.25) is 0 Å². The lowest BCUT2D eigenvalue weighted by atomic mass is 10.0. The molecule has 0 atom stereocenters. The number of ether oxygens (including phenoxy) is 1.